The predicted molar refractivity (Wildman–Crippen MR) is 45.5 cm³/mol. The normalized spacial score (nSPS) is 30.0. The Labute approximate surface area is 67.0 Å². The van der Waals surface area contributed by atoms with Crippen LogP contribution in [0.15, 0.2) is 12.3 Å². The number of hydrogen-bond donors (Lipinski definition) is 2. The molecule has 60 valence electrons. The fourth-order valence-electron chi connectivity index (χ4n) is 1.88. The van der Waals surface area contributed by atoms with Gasteiger partial charge in [-0.1, -0.05) is 0 Å². The van der Waals surface area contributed by atoms with E-state index in [1.807, 2.05) is 6.20 Å². The maximum Gasteiger partial charge on any atom is 0.0312 e. The first-order valence-corrected chi connectivity index (χ1v) is 4.19. The average molecular weight is 150 g/mol. The molecule has 2 rings (SSSR count). The summed E-state index contributed by atoms with van der Waals surface area (Å²) in [6.45, 7) is 4.43. The fourth-order valence-corrected chi connectivity index (χ4v) is 1.88. The molecule has 1 aromatic rings. The third-order valence-electron chi connectivity index (χ3n) is 2.38. The van der Waals surface area contributed by atoms with Crippen LogP contribution in [0, 0.1) is 0 Å². The number of hydrogen-bond acceptors (Lipinski definition) is 1. The summed E-state index contributed by atoms with van der Waals surface area (Å²) in [4.78, 5) is 3.28. The lowest BCUT2D eigenvalue weighted by atomic mass is 9.98. The van der Waals surface area contributed by atoms with Crippen LogP contribution in [0.5, 0.6) is 0 Å². The van der Waals surface area contributed by atoms with Gasteiger partial charge in [-0.05, 0) is 25.5 Å². The van der Waals surface area contributed by atoms with Gasteiger partial charge in [-0.15, -0.1) is 0 Å². The topological polar surface area (TPSA) is 27.8 Å². The van der Waals surface area contributed by atoms with Crippen LogP contribution in [-0.2, 0) is 6.42 Å². The van der Waals surface area contributed by atoms with Crippen LogP contribution in [0.4, 0.5) is 0 Å². The Bertz CT molecular complexity index is 252. The Morgan fingerprint density at radius 1 is 1.45 bits per heavy atom. The molecule has 2 nitrogen and oxygen atoms in total. The summed E-state index contributed by atoms with van der Waals surface area (Å²) in [5.74, 6) is 0. The third-order valence-corrected chi connectivity index (χ3v) is 2.38. The number of aromatic nitrogens is 1. The molecule has 2 N–H and O–H groups in total. The third kappa shape index (κ3) is 1.07. The van der Waals surface area contributed by atoms with Gasteiger partial charge in [0.05, 0.1) is 0 Å². The molecule has 0 spiro atoms. The highest BCUT2D eigenvalue weighted by atomic mass is 15.0. The summed E-state index contributed by atoms with van der Waals surface area (Å²) in [7, 11) is 0. The van der Waals surface area contributed by atoms with Gasteiger partial charge in [0.15, 0.2) is 0 Å². The first-order chi connectivity index (χ1) is 5.27. The van der Waals surface area contributed by atoms with Crippen molar-refractivity contribution in [3.8, 4) is 0 Å². The van der Waals surface area contributed by atoms with E-state index in [0.29, 0.717) is 12.1 Å². The lowest BCUT2D eigenvalue weighted by Crippen LogP contribution is -2.35. The van der Waals surface area contributed by atoms with E-state index in [1.165, 1.54) is 11.3 Å². The monoisotopic (exact) mass is 150 g/mol. The minimum Gasteiger partial charge on any atom is -0.365 e. The number of H-pyrrole nitrogens is 1. The Balaban J connectivity index is 2.36. The lowest BCUT2D eigenvalue weighted by Gasteiger charge is -2.26. The maximum absolute atomic E-state index is 3.50. The van der Waals surface area contributed by atoms with Crippen molar-refractivity contribution in [3.05, 3.63) is 23.5 Å². The molecule has 1 aliphatic heterocycles. The van der Waals surface area contributed by atoms with E-state index in [9.17, 15) is 0 Å². The zero-order valence-corrected chi connectivity index (χ0v) is 7.02. The van der Waals surface area contributed by atoms with Crippen LogP contribution in [0.2, 0.25) is 0 Å². The maximum atomic E-state index is 3.50. The van der Waals surface area contributed by atoms with Crippen LogP contribution in [0.1, 0.15) is 31.1 Å². The van der Waals surface area contributed by atoms with Gasteiger partial charge in [-0.25, -0.2) is 0 Å². The highest BCUT2D eigenvalue weighted by molar-refractivity contribution is 5.27. The van der Waals surface area contributed by atoms with Gasteiger partial charge in [0, 0.05) is 30.4 Å². The van der Waals surface area contributed by atoms with Gasteiger partial charge >= 0.3 is 0 Å². The quantitative estimate of drug-likeness (QED) is 0.577. The molecule has 11 heavy (non-hydrogen) atoms. The molecular weight excluding hydrogens is 136 g/mol. The van der Waals surface area contributed by atoms with Crippen molar-refractivity contribution in [1.82, 2.24) is 10.3 Å². The molecule has 0 bridgehead atoms. The van der Waals surface area contributed by atoms with Crippen molar-refractivity contribution < 1.29 is 0 Å². The van der Waals surface area contributed by atoms with Gasteiger partial charge < -0.3 is 10.3 Å². The summed E-state index contributed by atoms with van der Waals surface area (Å²) < 4.78 is 0. The van der Waals surface area contributed by atoms with E-state index in [1.54, 1.807) is 0 Å². The van der Waals surface area contributed by atoms with Gasteiger partial charge in [0.2, 0.25) is 0 Å². The minimum absolute atomic E-state index is 0.514. The number of rotatable bonds is 0. The summed E-state index contributed by atoms with van der Waals surface area (Å²) in [5.41, 5.74) is 2.84. The van der Waals surface area contributed by atoms with Gasteiger partial charge in [-0.2, -0.15) is 0 Å². The van der Waals surface area contributed by atoms with Crippen LogP contribution < -0.4 is 5.32 Å². The number of fused-ring (bicyclic) bond motifs is 1. The van der Waals surface area contributed by atoms with Gasteiger partial charge in [0.25, 0.3) is 0 Å². The Morgan fingerprint density at radius 3 is 3.09 bits per heavy atom. The number of aromatic amines is 1. The first-order valence-electron chi connectivity index (χ1n) is 4.19. The van der Waals surface area contributed by atoms with Crippen molar-refractivity contribution in [2.75, 3.05) is 0 Å². The molecule has 1 aliphatic rings. The molecule has 1 aromatic heterocycles. The summed E-state index contributed by atoms with van der Waals surface area (Å²) in [5, 5.41) is 3.50. The molecule has 0 saturated carbocycles. The van der Waals surface area contributed by atoms with E-state index in [4.69, 9.17) is 0 Å². The second-order valence-electron chi connectivity index (χ2n) is 3.41. The molecule has 2 heteroatoms. The molecule has 0 saturated heterocycles. The first kappa shape index (κ1) is 6.92. The highest BCUT2D eigenvalue weighted by Crippen LogP contribution is 2.23. The van der Waals surface area contributed by atoms with Crippen molar-refractivity contribution in [1.29, 1.82) is 0 Å². The average Bonchev–Trinajstić information content (AvgIpc) is 2.34. The van der Waals surface area contributed by atoms with Crippen LogP contribution in [0.25, 0.3) is 0 Å². The predicted octanol–water partition coefficient (Wildman–Crippen LogP) is 1.61. The molecule has 0 fully saturated rings. The largest absolute Gasteiger partial charge is 0.365 e. The molecule has 0 amide bonds. The van der Waals surface area contributed by atoms with Crippen LogP contribution >= 0.6 is 0 Å². The van der Waals surface area contributed by atoms with Crippen molar-refractivity contribution in [3.63, 3.8) is 0 Å². The summed E-state index contributed by atoms with van der Waals surface area (Å²) >= 11 is 0. The molecular formula is C9H14N2. The summed E-state index contributed by atoms with van der Waals surface area (Å²) in [6.07, 6.45) is 3.16. The molecule has 2 atom stereocenters. The zero-order valence-electron chi connectivity index (χ0n) is 7.02. The number of nitrogens with one attached hydrogen (secondary N) is 2. The molecule has 0 aromatic carbocycles. The lowest BCUT2D eigenvalue weighted by molar-refractivity contribution is 0.443. The van der Waals surface area contributed by atoms with E-state index < -0.39 is 0 Å². The Hall–Kier alpha value is -0.760. The van der Waals surface area contributed by atoms with Gasteiger partial charge in [-0.3, -0.25) is 0 Å². The van der Waals surface area contributed by atoms with E-state index in [2.05, 4.69) is 30.2 Å². The zero-order chi connectivity index (χ0) is 7.84. The van der Waals surface area contributed by atoms with Crippen LogP contribution in [-0.4, -0.2) is 11.0 Å². The van der Waals surface area contributed by atoms with E-state index in [-0.39, 0.29) is 0 Å². The van der Waals surface area contributed by atoms with Crippen molar-refractivity contribution in [2.45, 2.75) is 32.4 Å². The fraction of sp³-hybridized carbons (Fsp3) is 0.556. The minimum atomic E-state index is 0.514. The molecule has 0 radical (unpaired) electrons. The van der Waals surface area contributed by atoms with Crippen LogP contribution in [0.3, 0.4) is 0 Å². The second-order valence-corrected chi connectivity index (χ2v) is 3.41. The smallest absolute Gasteiger partial charge is 0.0312 e. The van der Waals surface area contributed by atoms with Crippen molar-refractivity contribution in [2.24, 2.45) is 0 Å². The second kappa shape index (κ2) is 2.38. The van der Waals surface area contributed by atoms with Crippen molar-refractivity contribution >= 4 is 0 Å². The highest BCUT2D eigenvalue weighted by Gasteiger charge is 2.20. The standard InChI is InChI=1S/C9H14N2/c1-6-5-9-8(3-4-10-9)7(2)11-6/h3-4,6-7,10-11H,5H2,1-2H3. The SMILES string of the molecule is CC1Cc2[nH]ccc2C(C)N1. The van der Waals surface area contributed by atoms with E-state index in [0.717, 1.165) is 6.42 Å². The Kier molecular flexibility index (Phi) is 1.50. The van der Waals surface area contributed by atoms with E-state index >= 15 is 0 Å². The Morgan fingerprint density at radius 2 is 2.27 bits per heavy atom. The molecule has 2 unspecified atom stereocenters. The molecule has 2 heterocycles. The van der Waals surface area contributed by atoms with Gasteiger partial charge in [0.1, 0.15) is 0 Å². The molecule has 0 aliphatic carbocycles. The summed E-state index contributed by atoms with van der Waals surface area (Å²) in [6, 6.07) is 3.29.